The van der Waals surface area contributed by atoms with Crippen molar-refractivity contribution in [2.45, 2.75) is 201 Å². The van der Waals surface area contributed by atoms with Gasteiger partial charge in [0.2, 0.25) is 0 Å². The second kappa shape index (κ2) is 19.2. The molecule has 10 aromatic rings. The van der Waals surface area contributed by atoms with Gasteiger partial charge in [-0.15, -0.1) is 0 Å². The first-order valence-corrected chi connectivity index (χ1v) is 33.6. The molecule has 1 aromatic heterocycles. The molecule has 0 spiro atoms. The second-order valence-electron chi connectivity index (χ2n) is 34.0. The molecule has 9 aromatic carbocycles. The van der Waals surface area contributed by atoms with E-state index in [9.17, 15) is 0 Å². The number of fused-ring (bicyclic) bond motifs is 13. The minimum absolute atomic E-state index is 0.0158. The number of rotatable bonds is 5. The van der Waals surface area contributed by atoms with Gasteiger partial charge in [-0.25, -0.2) is 0 Å². The van der Waals surface area contributed by atoms with E-state index in [4.69, 9.17) is 4.42 Å². The number of para-hydroxylation sites is 1. The fourth-order valence-corrected chi connectivity index (χ4v) is 16.7. The first-order chi connectivity index (χ1) is 42.2. The van der Waals surface area contributed by atoms with Crippen molar-refractivity contribution in [2.24, 2.45) is 0 Å². The van der Waals surface area contributed by atoms with E-state index in [1.54, 1.807) is 0 Å². The minimum atomic E-state index is -0.364. The van der Waals surface area contributed by atoms with Crippen LogP contribution in [-0.2, 0) is 43.3 Å². The van der Waals surface area contributed by atoms with E-state index in [1.165, 1.54) is 118 Å². The molecule has 0 bridgehead atoms. The van der Waals surface area contributed by atoms with Gasteiger partial charge >= 0.3 is 6.85 Å². The lowest BCUT2D eigenvalue weighted by molar-refractivity contribution is 0.332. The fourth-order valence-electron chi connectivity index (χ4n) is 16.7. The first-order valence-electron chi connectivity index (χ1n) is 33.6. The third-order valence-corrected chi connectivity index (χ3v) is 22.6. The van der Waals surface area contributed by atoms with Crippen LogP contribution in [0.5, 0.6) is 0 Å². The van der Waals surface area contributed by atoms with Crippen molar-refractivity contribution in [1.82, 2.24) is 0 Å². The van der Waals surface area contributed by atoms with Crippen molar-refractivity contribution in [3.05, 3.63) is 214 Å². The number of nitrogens with zero attached hydrogens (tertiary/aromatic N) is 3. The summed E-state index contributed by atoms with van der Waals surface area (Å²) in [6.07, 6.45) is 4.59. The van der Waals surface area contributed by atoms with Gasteiger partial charge in [0.15, 0.2) is 0 Å². The van der Waals surface area contributed by atoms with E-state index in [-0.39, 0.29) is 50.2 Å². The summed E-state index contributed by atoms with van der Waals surface area (Å²) < 4.78 is 7.44. The highest BCUT2D eigenvalue weighted by atomic mass is 16.3. The molecule has 0 N–H and O–H groups in total. The quantitative estimate of drug-likeness (QED) is 0.160. The molecule has 3 aliphatic carbocycles. The van der Waals surface area contributed by atoms with E-state index in [1.807, 2.05) is 0 Å². The smallest absolute Gasteiger partial charge is 0.333 e. The average molecular weight is 1180 g/mol. The van der Waals surface area contributed by atoms with Gasteiger partial charge < -0.3 is 19.0 Å². The molecule has 5 aliphatic rings. The van der Waals surface area contributed by atoms with Crippen LogP contribution in [0, 0.1) is 0 Å². The predicted octanol–water partition coefficient (Wildman–Crippen LogP) is 22.7. The Hall–Kier alpha value is -7.76. The fraction of sp³-hybridized carbons (Fsp3) is 0.365. The zero-order valence-corrected chi connectivity index (χ0v) is 57.2. The molecule has 0 saturated carbocycles. The molecule has 0 atom stereocenters. The van der Waals surface area contributed by atoms with Crippen LogP contribution < -0.4 is 25.5 Å². The van der Waals surface area contributed by atoms with Crippen LogP contribution >= 0.6 is 0 Å². The standard InChI is InChI=1S/C85H92BN3O/c1-78(2,3)51-24-30-54(31-25-51)87(55-32-26-52(27-33-55)79(4,5)6)57-36-38-59-61-46-63-71(49-66(61)85(18,19)65(59)44-57)89(56-34-28-53(29-35-56)80(7,8)9)86-70-48-68-69(84(16,17)43-42-83(68,14)15)50-72(70)88(58-37-39-64-67(45-58)82(12,13)41-40-81(64,10)11)73-47-62-60-22-20-21-23-74(60)90-77(62)75(63)76(73)86/h20-39,44-50H,40-43H2,1-19H3. The highest BCUT2D eigenvalue weighted by Gasteiger charge is 2.51. The van der Waals surface area contributed by atoms with Crippen molar-refractivity contribution >= 4 is 85.2 Å². The maximum atomic E-state index is 7.44. The summed E-state index contributed by atoms with van der Waals surface area (Å²) >= 11 is 0. The topological polar surface area (TPSA) is 22.9 Å². The summed E-state index contributed by atoms with van der Waals surface area (Å²) in [5, 5.41) is 2.29. The summed E-state index contributed by atoms with van der Waals surface area (Å²) in [5.74, 6) is 0. The Kier molecular flexibility index (Phi) is 12.5. The molecule has 0 amide bonds. The molecule has 456 valence electrons. The lowest BCUT2D eigenvalue weighted by atomic mass is 9.42. The van der Waals surface area contributed by atoms with Crippen molar-refractivity contribution < 1.29 is 4.42 Å². The number of hydrogen-bond acceptors (Lipinski definition) is 4. The van der Waals surface area contributed by atoms with Gasteiger partial charge in [-0.3, -0.25) is 0 Å². The molecule has 4 nitrogen and oxygen atoms in total. The van der Waals surface area contributed by atoms with E-state index < -0.39 is 0 Å². The largest absolute Gasteiger partial charge is 0.455 e. The lowest BCUT2D eigenvalue weighted by Crippen LogP contribution is -2.62. The van der Waals surface area contributed by atoms with Gasteiger partial charge in [-0.2, -0.15) is 0 Å². The normalized spacial score (nSPS) is 17.9. The van der Waals surface area contributed by atoms with Crippen LogP contribution in [-0.4, -0.2) is 6.85 Å². The maximum Gasteiger partial charge on any atom is 0.333 e. The minimum Gasteiger partial charge on any atom is -0.455 e. The van der Waals surface area contributed by atoms with Gasteiger partial charge in [-0.1, -0.05) is 204 Å². The van der Waals surface area contributed by atoms with Crippen LogP contribution in [0.4, 0.5) is 45.5 Å². The lowest BCUT2D eigenvalue weighted by Gasteiger charge is -2.49. The van der Waals surface area contributed by atoms with Crippen LogP contribution in [0.1, 0.15) is 207 Å². The zero-order valence-electron chi connectivity index (χ0n) is 57.2. The Morgan fingerprint density at radius 1 is 0.400 bits per heavy atom. The molecule has 5 heteroatoms. The Bertz CT molecular complexity index is 4560. The third kappa shape index (κ3) is 8.80. The molecule has 0 fully saturated rings. The summed E-state index contributed by atoms with van der Waals surface area (Å²) in [6, 6.07) is 64.9. The average Bonchev–Trinajstić information content (AvgIpc) is 1.12. The maximum absolute atomic E-state index is 7.44. The zero-order chi connectivity index (χ0) is 63.5. The summed E-state index contributed by atoms with van der Waals surface area (Å²) in [4.78, 5) is 7.94. The molecule has 2 aliphatic heterocycles. The predicted molar refractivity (Wildman–Crippen MR) is 386 cm³/mol. The number of furan rings is 1. The van der Waals surface area contributed by atoms with E-state index >= 15 is 0 Å². The summed E-state index contributed by atoms with van der Waals surface area (Å²) in [6.45, 7) is 45.4. The Morgan fingerprint density at radius 3 is 1.47 bits per heavy atom. The van der Waals surface area contributed by atoms with Crippen LogP contribution in [0.3, 0.4) is 0 Å². The van der Waals surface area contributed by atoms with Crippen LogP contribution in [0.25, 0.3) is 44.2 Å². The molecule has 0 radical (unpaired) electrons. The Balaban J connectivity index is 1.03. The molecular formula is C85H92BN3O. The summed E-state index contributed by atoms with van der Waals surface area (Å²) in [7, 11) is 0. The van der Waals surface area contributed by atoms with Crippen LogP contribution in [0.15, 0.2) is 168 Å². The monoisotopic (exact) mass is 1180 g/mol. The van der Waals surface area contributed by atoms with Gasteiger partial charge in [-0.05, 0) is 227 Å². The third-order valence-electron chi connectivity index (χ3n) is 22.6. The molecule has 0 saturated heterocycles. The number of hydrogen-bond donors (Lipinski definition) is 0. The van der Waals surface area contributed by atoms with Gasteiger partial charge in [0.25, 0.3) is 0 Å². The van der Waals surface area contributed by atoms with Gasteiger partial charge in [0.1, 0.15) is 11.2 Å². The van der Waals surface area contributed by atoms with Crippen LogP contribution in [0.2, 0.25) is 0 Å². The van der Waals surface area contributed by atoms with Gasteiger partial charge in [0, 0.05) is 72.8 Å². The highest BCUT2D eigenvalue weighted by Crippen LogP contribution is 2.59. The van der Waals surface area contributed by atoms with E-state index in [2.05, 4.69) is 310 Å². The van der Waals surface area contributed by atoms with Crippen molar-refractivity contribution in [2.75, 3.05) is 14.6 Å². The Morgan fingerprint density at radius 2 is 0.889 bits per heavy atom. The summed E-state index contributed by atoms with van der Waals surface area (Å²) in [5.41, 5.74) is 31.3. The van der Waals surface area contributed by atoms with Gasteiger partial charge in [0.05, 0.1) is 0 Å². The SMILES string of the molecule is CC(C)(C)c1ccc(N2B3c4cc5c(cc4N(c4ccc6c(c4)C(C)(C)CCC6(C)C)c4cc6c(oc7ccccc76)c(c43)-c3cc4c(cc32)C(C)(C)c2cc(N(c3ccc(C(C)(C)C)cc3)c3ccc(C(C)(C)C)cc3)ccc2-4)C(C)(C)CCC5(C)C)cc1. The van der Waals surface area contributed by atoms with Crippen molar-refractivity contribution in [3.8, 4) is 22.3 Å². The van der Waals surface area contributed by atoms with Crippen molar-refractivity contribution in [1.29, 1.82) is 0 Å². The first kappa shape index (κ1) is 58.6. The molecule has 90 heavy (non-hydrogen) atoms. The molecule has 15 rings (SSSR count). The number of anilines is 8. The second-order valence-corrected chi connectivity index (χ2v) is 34.0. The highest BCUT2D eigenvalue weighted by molar-refractivity contribution is 6.94. The molecule has 0 unspecified atom stereocenters. The van der Waals surface area contributed by atoms with Crippen molar-refractivity contribution in [3.63, 3.8) is 0 Å². The molecular weight excluding hydrogens is 1090 g/mol. The number of benzene rings is 9. The Labute approximate surface area is 537 Å². The van der Waals surface area contributed by atoms with E-state index in [0.29, 0.717) is 0 Å². The molecule has 3 heterocycles. The van der Waals surface area contributed by atoms with E-state index in [0.717, 1.165) is 58.3 Å².